The van der Waals surface area contributed by atoms with Gasteiger partial charge in [-0.3, -0.25) is 4.40 Å². The van der Waals surface area contributed by atoms with Crippen LogP contribution in [0.3, 0.4) is 0 Å². The summed E-state index contributed by atoms with van der Waals surface area (Å²) >= 11 is 5.95. The smallest absolute Gasteiger partial charge is 0.137 e. The Morgan fingerprint density at radius 1 is 1.27 bits per heavy atom. The molecule has 0 bridgehead atoms. The zero-order valence-electron chi connectivity index (χ0n) is 7.81. The molecule has 0 unspecified atom stereocenters. The van der Waals surface area contributed by atoms with Gasteiger partial charge in [-0.2, -0.15) is 0 Å². The molecule has 0 saturated carbocycles. The highest BCUT2D eigenvalue weighted by atomic mass is 35.5. The second-order valence-corrected chi connectivity index (χ2v) is 3.76. The number of nitrogens with zero attached hydrogens (tertiary/aromatic N) is 2. The lowest BCUT2D eigenvalue weighted by Crippen LogP contribution is -1.86. The number of imidazole rings is 1. The van der Waals surface area contributed by atoms with Crippen LogP contribution >= 0.6 is 11.6 Å². The largest absolute Gasteiger partial charge is 0.367 e. The van der Waals surface area contributed by atoms with Crippen molar-refractivity contribution in [1.29, 1.82) is 0 Å². The minimum Gasteiger partial charge on any atom is -0.367 e. The van der Waals surface area contributed by atoms with Crippen molar-refractivity contribution in [2.45, 2.75) is 0 Å². The Morgan fingerprint density at radius 3 is 3.00 bits per heavy atom. The molecule has 0 aromatic carbocycles. The Bertz CT molecular complexity index is 595. The van der Waals surface area contributed by atoms with Crippen molar-refractivity contribution in [3.63, 3.8) is 0 Å². The van der Waals surface area contributed by atoms with Crippen LogP contribution in [-0.2, 0) is 0 Å². The Labute approximate surface area is 91.3 Å². The molecular formula is C11H8ClN3. The first kappa shape index (κ1) is 8.56. The number of aromatic nitrogens is 3. The summed E-state index contributed by atoms with van der Waals surface area (Å²) in [6.45, 7) is 0. The molecule has 3 aromatic heterocycles. The van der Waals surface area contributed by atoms with E-state index in [1.54, 1.807) is 0 Å². The molecule has 15 heavy (non-hydrogen) atoms. The third-order valence-corrected chi connectivity index (χ3v) is 2.59. The lowest BCUT2D eigenvalue weighted by molar-refractivity contribution is 1.19. The first-order valence-corrected chi connectivity index (χ1v) is 4.98. The molecule has 0 aliphatic heterocycles. The van der Waals surface area contributed by atoms with Gasteiger partial charge in [0.1, 0.15) is 5.65 Å². The van der Waals surface area contributed by atoms with Crippen molar-refractivity contribution in [3.8, 4) is 11.3 Å². The summed E-state index contributed by atoms with van der Waals surface area (Å²) in [6.07, 6.45) is 7.53. The molecule has 1 N–H and O–H groups in total. The van der Waals surface area contributed by atoms with Gasteiger partial charge in [0.2, 0.25) is 0 Å². The third-order valence-electron chi connectivity index (χ3n) is 2.36. The van der Waals surface area contributed by atoms with Gasteiger partial charge in [-0.05, 0) is 18.2 Å². The molecule has 0 saturated heterocycles. The SMILES string of the molecule is Clc1ccc2ncc(-c3cc[nH]c3)n2c1. The average Bonchev–Trinajstić information content (AvgIpc) is 2.83. The molecular weight excluding hydrogens is 210 g/mol. The zero-order chi connectivity index (χ0) is 10.3. The molecule has 3 rings (SSSR count). The number of H-pyrrole nitrogens is 1. The Balaban J connectivity index is 2.32. The number of fused-ring (bicyclic) bond motifs is 1. The van der Waals surface area contributed by atoms with Gasteiger partial charge in [-0.25, -0.2) is 4.98 Å². The van der Waals surface area contributed by atoms with Gasteiger partial charge in [0.15, 0.2) is 0 Å². The van der Waals surface area contributed by atoms with Crippen molar-refractivity contribution in [3.05, 3.63) is 48.0 Å². The van der Waals surface area contributed by atoms with E-state index in [4.69, 9.17) is 11.6 Å². The highest BCUT2D eigenvalue weighted by Gasteiger charge is 2.05. The monoisotopic (exact) mass is 217 g/mol. The summed E-state index contributed by atoms with van der Waals surface area (Å²) in [4.78, 5) is 7.33. The van der Waals surface area contributed by atoms with Crippen LogP contribution in [-0.4, -0.2) is 14.4 Å². The van der Waals surface area contributed by atoms with Gasteiger partial charge < -0.3 is 4.98 Å². The lowest BCUT2D eigenvalue weighted by Gasteiger charge is -1.99. The van der Waals surface area contributed by atoms with Gasteiger partial charge in [0, 0.05) is 24.2 Å². The maximum atomic E-state index is 5.95. The third kappa shape index (κ3) is 1.32. The predicted octanol–water partition coefficient (Wildman–Crippen LogP) is 2.98. The minimum absolute atomic E-state index is 0.706. The van der Waals surface area contributed by atoms with E-state index in [-0.39, 0.29) is 0 Å². The first-order chi connectivity index (χ1) is 7.34. The normalized spacial score (nSPS) is 11.0. The number of hydrogen-bond acceptors (Lipinski definition) is 1. The summed E-state index contributed by atoms with van der Waals surface area (Å²) < 4.78 is 1.98. The van der Waals surface area contributed by atoms with Crippen molar-refractivity contribution < 1.29 is 0 Å². The highest BCUT2D eigenvalue weighted by molar-refractivity contribution is 6.30. The fourth-order valence-corrected chi connectivity index (χ4v) is 1.81. The average molecular weight is 218 g/mol. The van der Waals surface area contributed by atoms with E-state index < -0.39 is 0 Å². The second kappa shape index (κ2) is 3.14. The summed E-state index contributed by atoms with van der Waals surface area (Å²) in [5.41, 5.74) is 3.04. The number of nitrogens with one attached hydrogen (secondary N) is 1. The van der Waals surface area contributed by atoms with Crippen LogP contribution in [0.2, 0.25) is 5.02 Å². The van der Waals surface area contributed by atoms with Crippen molar-refractivity contribution in [2.24, 2.45) is 0 Å². The van der Waals surface area contributed by atoms with E-state index in [9.17, 15) is 0 Å². The molecule has 74 valence electrons. The van der Waals surface area contributed by atoms with Gasteiger partial charge in [-0.1, -0.05) is 11.6 Å². The highest BCUT2D eigenvalue weighted by Crippen LogP contribution is 2.21. The van der Waals surface area contributed by atoms with Crippen LogP contribution in [0.4, 0.5) is 0 Å². The van der Waals surface area contributed by atoms with Crippen molar-refractivity contribution >= 4 is 17.2 Å². The van der Waals surface area contributed by atoms with Gasteiger partial charge in [0.05, 0.1) is 16.9 Å². The number of rotatable bonds is 1. The van der Waals surface area contributed by atoms with Crippen molar-refractivity contribution in [1.82, 2.24) is 14.4 Å². The molecule has 0 amide bonds. The summed E-state index contributed by atoms with van der Waals surface area (Å²) in [5.74, 6) is 0. The van der Waals surface area contributed by atoms with Crippen LogP contribution in [0.1, 0.15) is 0 Å². The topological polar surface area (TPSA) is 33.1 Å². The van der Waals surface area contributed by atoms with Crippen LogP contribution < -0.4 is 0 Å². The molecule has 3 nitrogen and oxygen atoms in total. The number of aromatic amines is 1. The fourth-order valence-electron chi connectivity index (χ4n) is 1.65. The molecule has 0 spiro atoms. The Hall–Kier alpha value is -1.74. The molecule has 0 fully saturated rings. The molecule has 0 aliphatic rings. The van der Waals surface area contributed by atoms with Crippen molar-refractivity contribution in [2.75, 3.05) is 0 Å². The van der Waals surface area contributed by atoms with E-state index in [2.05, 4.69) is 9.97 Å². The molecule has 0 atom stereocenters. The van der Waals surface area contributed by atoms with E-state index in [1.165, 1.54) is 0 Å². The molecule has 0 aliphatic carbocycles. The Kier molecular flexibility index (Phi) is 1.79. The van der Waals surface area contributed by atoms with Crippen LogP contribution in [0.5, 0.6) is 0 Å². The van der Waals surface area contributed by atoms with Gasteiger partial charge >= 0.3 is 0 Å². The lowest BCUT2D eigenvalue weighted by atomic mass is 10.2. The van der Waals surface area contributed by atoms with E-state index >= 15 is 0 Å². The first-order valence-electron chi connectivity index (χ1n) is 4.60. The summed E-state index contributed by atoms with van der Waals surface area (Å²) in [6, 6.07) is 5.74. The van der Waals surface area contributed by atoms with Gasteiger partial charge in [0.25, 0.3) is 0 Å². The second-order valence-electron chi connectivity index (χ2n) is 3.32. The molecule has 4 heteroatoms. The van der Waals surface area contributed by atoms with E-state index in [1.807, 2.05) is 47.4 Å². The van der Waals surface area contributed by atoms with Crippen LogP contribution in [0.15, 0.2) is 43.0 Å². The molecule has 3 heterocycles. The fraction of sp³-hybridized carbons (Fsp3) is 0. The quantitative estimate of drug-likeness (QED) is 0.668. The minimum atomic E-state index is 0.706. The molecule has 0 radical (unpaired) electrons. The van der Waals surface area contributed by atoms with E-state index in [0.717, 1.165) is 16.9 Å². The number of hydrogen-bond donors (Lipinski definition) is 1. The number of halogens is 1. The number of pyridine rings is 1. The van der Waals surface area contributed by atoms with Gasteiger partial charge in [-0.15, -0.1) is 0 Å². The summed E-state index contributed by atoms with van der Waals surface area (Å²) in [7, 11) is 0. The zero-order valence-corrected chi connectivity index (χ0v) is 8.57. The molecule has 3 aromatic rings. The summed E-state index contributed by atoms with van der Waals surface area (Å²) in [5, 5.41) is 0.706. The Morgan fingerprint density at radius 2 is 2.20 bits per heavy atom. The maximum absolute atomic E-state index is 5.95. The predicted molar refractivity (Wildman–Crippen MR) is 60.0 cm³/mol. The van der Waals surface area contributed by atoms with E-state index in [0.29, 0.717) is 5.02 Å². The standard InChI is InChI=1S/C11H8ClN3/c12-9-1-2-11-14-6-10(15(11)7-9)8-3-4-13-5-8/h1-7,13H. The maximum Gasteiger partial charge on any atom is 0.137 e. The van der Waals surface area contributed by atoms with Crippen LogP contribution in [0, 0.1) is 0 Å². The van der Waals surface area contributed by atoms with Crippen LogP contribution in [0.25, 0.3) is 16.9 Å².